The molecule has 10 nitrogen and oxygen atoms in total. The molecule has 3 heterocycles. The molecule has 10 heteroatoms. The van der Waals surface area contributed by atoms with Crippen molar-refractivity contribution in [2.24, 2.45) is 5.92 Å². The van der Waals surface area contributed by atoms with Crippen LogP contribution in [0.25, 0.3) is 5.69 Å². The third kappa shape index (κ3) is 4.36. The molecule has 0 radical (unpaired) electrons. The Labute approximate surface area is 189 Å². The van der Waals surface area contributed by atoms with Crippen LogP contribution in [0.2, 0.25) is 0 Å². The van der Waals surface area contributed by atoms with Gasteiger partial charge in [0.1, 0.15) is 0 Å². The van der Waals surface area contributed by atoms with E-state index in [9.17, 15) is 14.4 Å². The molecule has 0 saturated carbocycles. The predicted molar refractivity (Wildman–Crippen MR) is 118 cm³/mol. The summed E-state index contributed by atoms with van der Waals surface area (Å²) in [6.07, 6.45) is 3.59. The van der Waals surface area contributed by atoms with E-state index in [1.807, 2.05) is 24.4 Å². The molecule has 0 bridgehead atoms. The van der Waals surface area contributed by atoms with Gasteiger partial charge in [0.05, 0.1) is 18.2 Å². The summed E-state index contributed by atoms with van der Waals surface area (Å²) in [6.45, 7) is 0.198. The molecule has 168 valence electrons. The number of rotatable bonds is 6. The summed E-state index contributed by atoms with van der Waals surface area (Å²) in [4.78, 5) is 38.8. The number of benzene rings is 2. The quantitative estimate of drug-likeness (QED) is 0.595. The lowest BCUT2D eigenvalue weighted by Crippen LogP contribution is -2.37. The zero-order valence-electron chi connectivity index (χ0n) is 17.6. The Hall–Kier alpha value is -4.34. The molecule has 1 fully saturated rings. The van der Waals surface area contributed by atoms with Crippen molar-refractivity contribution >= 4 is 29.1 Å². The van der Waals surface area contributed by atoms with E-state index in [0.717, 1.165) is 5.69 Å². The van der Waals surface area contributed by atoms with E-state index >= 15 is 0 Å². The maximum Gasteiger partial charge on any atom is 0.243 e. The molecule has 3 aromatic rings. The fraction of sp³-hybridized carbons (Fsp3) is 0.217. The molecule has 5 rings (SSSR count). The Bertz CT molecular complexity index is 1190. The Balaban J connectivity index is 1.13. The van der Waals surface area contributed by atoms with Crippen molar-refractivity contribution in [1.82, 2.24) is 15.1 Å². The minimum absolute atomic E-state index is 0.0801. The topological polar surface area (TPSA) is 115 Å². The smallest absolute Gasteiger partial charge is 0.243 e. The van der Waals surface area contributed by atoms with Gasteiger partial charge in [0.2, 0.25) is 24.5 Å². The van der Waals surface area contributed by atoms with Gasteiger partial charge in [-0.2, -0.15) is 5.10 Å². The molecule has 2 aliphatic rings. The van der Waals surface area contributed by atoms with Gasteiger partial charge in [-0.15, -0.1) is 0 Å². The second-order valence-electron chi connectivity index (χ2n) is 7.71. The number of hydrogen-bond acceptors (Lipinski definition) is 6. The Kier molecular flexibility index (Phi) is 5.39. The van der Waals surface area contributed by atoms with Crippen LogP contribution in [0.1, 0.15) is 6.42 Å². The molecule has 2 aromatic carbocycles. The lowest BCUT2D eigenvalue weighted by atomic mass is 10.1. The summed E-state index contributed by atoms with van der Waals surface area (Å²) in [6, 6.07) is 14.2. The predicted octanol–water partition coefficient (Wildman–Crippen LogP) is 1.71. The first-order valence-electron chi connectivity index (χ1n) is 10.4. The number of ether oxygens (including phenoxy) is 2. The van der Waals surface area contributed by atoms with E-state index in [2.05, 4.69) is 15.7 Å². The fourth-order valence-electron chi connectivity index (χ4n) is 3.82. The first kappa shape index (κ1) is 20.6. The molecular formula is C23H21N5O5. The molecule has 0 spiro atoms. The highest BCUT2D eigenvalue weighted by Gasteiger charge is 2.35. The van der Waals surface area contributed by atoms with E-state index in [-0.39, 0.29) is 44.0 Å². The van der Waals surface area contributed by atoms with E-state index in [1.165, 1.54) is 0 Å². The highest BCUT2D eigenvalue weighted by atomic mass is 16.7. The van der Waals surface area contributed by atoms with Crippen LogP contribution in [-0.4, -0.2) is 47.4 Å². The molecule has 3 amide bonds. The maximum atomic E-state index is 12.6. The Morgan fingerprint density at radius 2 is 1.85 bits per heavy atom. The van der Waals surface area contributed by atoms with E-state index < -0.39 is 5.92 Å². The summed E-state index contributed by atoms with van der Waals surface area (Å²) in [5, 5.41) is 9.52. The summed E-state index contributed by atoms with van der Waals surface area (Å²) in [5.41, 5.74) is 2.12. The molecular weight excluding hydrogens is 426 g/mol. The van der Waals surface area contributed by atoms with Crippen molar-refractivity contribution in [2.75, 3.05) is 30.1 Å². The van der Waals surface area contributed by atoms with E-state index in [0.29, 0.717) is 22.9 Å². The number of carbonyl (C=O) groups is 3. The first-order chi connectivity index (χ1) is 16.1. The largest absolute Gasteiger partial charge is 0.454 e. The summed E-state index contributed by atoms with van der Waals surface area (Å²) in [5.74, 6) is -0.188. The minimum Gasteiger partial charge on any atom is -0.454 e. The third-order valence-electron chi connectivity index (χ3n) is 5.51. The summed E-state index contributed by atoms with van der Waals surface area (Å²) in [7, 11) is 0. The second-order valence-corrected chi connectivity index (χ2v) is 7.71. The number of nitrogens with zero attached hydrogens (tertiary/aromatic N) is 3. The zero-order chi connectivity index (χ0) is 22.8. The molecule has 33 heavy (non-hydrogen) atoms. The van der Waals surface area contributed by atoms with Gasteiger partial charge in [-0.05, 0) is 42.5 Å². The molecule has 2 N–H and O–H groups in total. The SMILES string of the molecule is O=C(CNC(=O)C1CC(=O)N(c2ccc3c(c2)OCO3)C1)Nc1ccc(-n2cccn2)cc1. The lowest BCUT2D eigenvalue weighted by molar-refractivity contribution is -0.127. The van der Waals surface area contributed by atoms with Gasteiger partial charge >= 0.3 is 0 Å². The van der Waals surface area contributed by atoms with Crippen LogP contribution in [0.3, 0.4) is 0 Å². The van der Waals surface area contributed by atoms with Crippen LogP contribution < -0.4 is 25.0 Å². The van der Waals surface area contributed by atoms with Gasteiger partial charge in [-0.1, -0.05) is 0 Å². The van der Waals surface area contributed by atoms with Gasteiger partial charge in [-0.3, -0.25) is 14.4 Å². The molecule has 1 unspecified atom stereocenters. The van der Waals surface area contributed by atoms with Crippen molar-refractivity contribution in [2.45, 2.75) is 6.42 Å². The summed E-state index contributed by atoms with van der Waals surface area (Å²) < 4.78 is 12.4. The molecule has 0 aliphatic carbocycles. The van der Waals surface area contributed by atoms with Gasteiger partial charge in [0.15, 0.2) is 11.5 Å². The molecule has 1 aromatic heterocycles. The average Bonchev–Trinajstić information content (AvgIpc) is 3.58. The first-order valence-corrected chi connectivity index (χ1v) is 10.4. The third-order valence-corrected chi connectivity index (χ3v) is 5.51. The molecule has 2 aliphatic heterocycles. The monoisotopic (exact) mass is 447 g/mol. The van der Waals surface area contributed by atoms with Crippen LogP contribution in [-0.2, 0) is 14.4 Å². The maximum absolute atomic E-state index is 12.6. The average molecular weight is 447 g/mol. The van der Waals surface area contributed by atoms with Crippen molar-refractivity contribution in [3.05, 3.63) is 60.9 Å². The van der Waals surface area contributed by atoms with Gasteiger partial charge in [0, 0.05) is 42.8 Å². The molecule has 1 saturated heterocycles. The van der Waals surface area contributed by atoms with Crippen molar-refractivity contribution in [1.29, 1.82) is 0 Å². The Morgan fingerprint density at radius 1 is 1.06 bits per heavy atom. The zero-order valence-corrected chi connectivity index (χ0v) is 17.6. The second kappa shape index (κ2) is 8.65. The number of amides is 3. The standard InChI is InChI=1S/C23H21N5O5/c29-21(26-16-2-4-17(5-3-16)28-9-1-8-25-28)12-24-23(31)15-10-22(30)27(13-15)18-6-7-19-20(11-18)33-14-32-19/h1-9,11,15H,10,12-14H2,(H,24,31)(H,26,29). The molecule has 1 atom stereocenters. The number of fused-ring (bicyclic) bond motifs is 1. The van der Waals surface area contributed by atoms with Crippen LogP contribution >= 0.6 is 0 Å². The van der Waals surface area contributed by atoms with Crippen LogP contribution in [0.15, 0.2) is 60.9 Å². The van der Waals surface area contributed by atoms with Crippen LogP contribution in [0.4, 0.5) is 11.4 Å². The highest BCUT2D eigenvalue weighted by Crippen LogP contribution is 2.37. The number of carbonyl (C=O) groups excluding carboxylic acids is 3. The lowest BCUT2D eigenvalue weighted by Gasteiger charge is -2.17. The fourth-order valence-corrected chi connectivity index (χ4v) is 3.82. The van der Waals surface area contributed by atoms with Gasteiger partial charge < -0.3 is 25.0 Å². The van der Waals surface area contributed by atoms with Crippen LogP contribution in [0.5, 0.6) is 11.5 Å². The van der Waals surface area contributed by atoms with Gasteiger partial charge in [-0.25, -0.2) is 4.68 Å². The highest BCUT2D eigenvalue weighted by molar-refractivity contribution is 6.01. The number of anilines is 2. The van der Waals surface area contributed by atoms with Gasteiger partial charge in [0.25, 0.3) is 0 Å². The van der Waals surface area contributed by atoms with E-state index in [1.54, 1.807) is 46.1 Å². The summed E-state index contributed by atoms with van der Waals surface area (Å²) >= 11 is 0. The van der Waals surface area contributed by atoms with Crippen molar-refractivity contribution < 1.29 is 23.9 Å². The van der Waals surface area contributed by atoms with Crippen molar-refractivity contribution in [3.8, 4) is 17.2 Å². The minimum atomic E-state index is -0.538. The number of aromatic nitrogens is 2. The number of nitrogens with one attached hydrogen (secondary N) is 2. The number of hydrogen-bond donors (Lipinski definition) is 2. The Morgan fingerprint density at radius 3 is 2.64 bits per heavy atom. The van der Waals surface area contributed by atoms with Crippen molar-refractivity contribution in [3.63, 3.8) is 0 Å². The normalized spacial score (nSPS) is 16.7. The van der Waals surface area contributed by atoms with Crippen LogP contribution in [0, 0.1) is 5.92 Å². The van der Waals surface area contributed by atoms with E-state index in [4.69, 9.17) is 9.47 Å².